The number of hydrogen-bond donors (Lipinski definition) is 2. The van der Waals surface area contributed by atoms with Crippen LogP contribution in [0.1, 0.15) is 29.7 Å². The number of benzene rings is 2. The summed E-state index contributed by atoms with van der Waals surface area (Å²) in [6, 6.07) is 13.9. The van der Waals surface area contributed by atoms with Crippen molar-refractivity contribution < 1.29 is 9.53 Å². The van der Waals surface area contributed by atoms with Crippen LogP contribution in [0.4, 0.5) is 0 Å². The SMILES string of the molecule is COc1ccc(C)cc1[C@H](C)NC(=O)Cc1c[nH]c2ccccc12. The molecule has 124 valence electrons. The van der Waals surface area contributed by atoms with Crippen LogP contribution in [0.25, 0.3) is 10.9 Å². The van der Waals surface area contributed by atoms with E-state index in [0.29, 0.717) is 6.42 Å². The van der Waals surface area contributed by atoms with Crippen LogP contribution in [0.2, 0.25) is 0 Å². The first kappa shape index (κ1) is 16.1. The lowest BCUT2D eigenvalue weighted by Crippen LogP contribution is -2.28. The highest BCUT2D eigenvalue weighted by atomic mass is 16.5. The van der Waals surface area contributed by atoms with Crippen molar-refractivity contribution in [2.24, 2.45) is 0 Å². The number of para-hydroxylation sites is 1. The van der Waals surface area contributed by atoms with Gasteiger partial charge in [-0.2, -0.15) is 0 Å². The maximum absolute atomic E-state index is 12.5. The monoisotopic (exact) mass is 322 g/mol. The molecule has 1 aromatic heterocycles. The van der Waals surface area contributed by atoms with E-state index in [1.54, 1.807) is 7.11 Å². The van der Waals surface area contributed by atoms with Gasteiger partial charge >= 0.3 is 0 Å². The number of aromatic amines is 1. The molecule has 1 heterocycles. The van der Waals surface area contributed by atoms with Gasteiger partial charge in [-0.3, -0.25) is 4.79 Å². The molecule has 0 aliphatic heterocycles. The van der Waals surface area contributed by atoms with Crippen LogP contribution in [-0.2, 0) is 11.2 Å². The molecular formula is C20H22N2O2. The standard InChI is InChI=1S/C20H22N2O2/c1-13-8-9-19(24-3)17(10-13)14(2)22-20(23)11-15-12-21-18-7-5-4-6-16(15)18/h4-10,12,14,21H,11H2,1-3H3,(H,22,23)/t14-/m0/s1. The Kier molecular flexibility index (Phi) is 4.56. The summed E-state index contributed by atoms with van der Waals surface area (Å²) in [5.41, 5.74) is 4.19. The van der Waals surface area contributed by atoms with Gasteiger partial charge < -0.3 is 15.0 Å². The molecule has 0 radical (unpaired) electrons. The maximum Gasteiger partial charge on any atom is 0.224 e. The lowest BCUT2D eigenvalue weighted by molar-refractivity contribution is -0.121. The van der Waals surface area contributed by atoms with E-state index in [-0.39, 0.29) is 11.9 Å². The Bertz CT molecular complexity index is 867. The Balaban J connectivity index is 1.74. The number of hydrogen-bond acceptors (Lipinski definition) is 2. The summed E-state index contributed by atoms with van der Waals surface area (Å²) in [6.07, 6.45) is 2.25. The molecule has 0 fully saturated rings. The predicted molar refractivity (Wildman–Crippen MR) is 96.3 cm³/mol. The third-order valence-electron chi connectivity index (χ3n) is 4.26. The van der Waals surface area contributed by atoms with Crippen molar-refractivity contribution in [2.75, 3.05) is 7.11 Å². The minimum absolute atomic E-state index is 0.00388. The average Bonchev–Trinajstić information content (AvgIpc) is 2.98. The topological polar surface area (TPSA) is 54.1 Å². The molecule has 0 saturated heterocycles. The number of ether oxygens (including phenoxy) is 1. The van der Waals surface area contributed by atoms with Crippen LogP contribution in [0.15, 0.2) is 48.7 Å². The number of carbonyl (C=O) groups excluding carboxylic acids is 1. The number of nitrogens with one attached hydrogen (secondary N) is 2. The molecule has 0 bridgehead atoms. The summed E-state index contributed by atoms with van der Waals surface area (Å²) in [5.74, 6) is 0.788. The van der Waals surface area contributed by atoms with Gasteiger partial charge in [0.05, 0.1) is 19.6 Å². The van der Waals surface area contributed by atoms with Gasteiger partial charge in [0.2, 0.25) is 5.91 Å². The van der Waals surface area contributed by atoms with Crippen LogP contribution in [0.3, 0.4) is 0 Å². The first-order valence-electron chi connectivity index (χ1n) is 8.07. The van der Waals surface area contributed by atoms with Gasteiger partial charge in [0.15, 0.2) is 0 Å². The third-order valence-corrected chi connectivity index (χ3v) is 4.26. The summed E-state index contributed by atoms with van der Waals surface area (Å²) in [5, 5.41) is 4.16. The highest BCUT2D eigenvalue weighted by Gasteiger charge is 2.15. The number of carbonyl (C=O) groups is 1. The number of fused-ring (bicyclic) bond motifs is 1. The van der Waals surface area contributed by atoms with E-state index in [4.69, 9.17) is 4.74 Å². The van der Waals surface area contributed by atoms with Gasteiger partial charge in [0, 0.05) is 22.7 Å². The molecule has 0 spiro atoms. The summed E-state index contributed by atoms with van der Waals surface area (Å²) in [4.78, 5) is 15.7. The quantitative estimate of drug-likeness (QED) is 0.748. The largest absolute Gasteiger partial charge is 0.496 e. The van der Waals surface area contributed by atoms with Gasteiger partial charge in [0.1, 0.15) is 5.75 Å². The van der Waals surface area contributed by atoms with Crippen LogP contribution < -0.4 is 10.1 Å². The van der Waals surface area contributed by atoms with Crippen molar-refractivity contribution in [2.45, 2.75) is 26.3 Å². The van der Waals surface area contributed by atoms with E-state index in [1.807, 2.05) is 56.4 Å². The fourth-order valence-electron chi connectivity index (χ4n) is 3.01. The second kappa shape index (κ2) is 6.79. The summed E-state index contributed by atoms with van der Waals surface area (Å²) < 4.78 is 5.41. The zero-order chi connectivity index (χ0) is 17.1. The van der Waals surface area contributed by atoms with Gasteiger partial charge in [0.25, 0.3) is 0 Å². The number of H-pyrrole nitrogens is 1. The molecule has 0 aliphatic carbocycles. The van der Waals surface area contributed by atoms with E-state index in [0.717, 1.165) is 33.3 Å². The van der Waals surface area contributed by atoms with Crippen molar-refractivity contribution in [3.05, 3.63) is 65.4 Å². The van der Waals surface area contributed by atoms with Crippen LogP contribution in [-0.4, -0.2) is 18.0 Å². The fourth-order valence-corrected chi connectivity index (χ4v) is 3.01. The number of amides is 1. The highest BCUT2D eigenvalue weighted by molar-refractivity contribution is 5.89. The maximum atomic E-state index is 12.5. The average molecular weight is 322 g/mol. The number of rotatable bonds is 5. The molecule has 2 N–H and O–H groups in total. The van der Waals surface area contributed by atoms with Gasteiger partial charge in [-0.15, -0.1) is 0 Å². The lowest BCUT2D eigenvalue weighted by Gasteiger charge is -2.18. The van der Waals surface area contributed by atoms with Crippen molar-refractivity contribution in [3.63, 3.8) is 0 Å². The molecule has 0 aliphatic rings. The smallest absolute Gasteiger partial charge is 0.224 e. The van der Waals surface area contributed by atoms with Crippen molar-refractivity contribution >= 4 is 16.8 Å². The second-order valence-electron chi connectivity index (χ2n) is 6.07. The Labute approximate surface area is 141 Å². The third kappa shape index (κ3) is 3.27. The molecule has 3 aromatic rings. The zero-order valence-electron chi connectivity index (χ0n) is 14.2. The molecule has 24 heavy (non-hydrogen) atoms. The van der Waals surface area contributed by atoms with E-state index in [1.165, 1.54) is 0 Å². The highest BCUT2D eigenvalue weighted by Crippen LogP contribution is 2.26. The molecule has 1 atom stereocenters. The second-order valence-corrected chi connectivity index (χ2v) is 6.07. The van der Waals surface area contributed by atoms with E-state index >= 15 is 0 Å². The fraction of sp³-hybridized carbons (Fsp3) is 0.250. The van der Waals surface area contributed by atoms with Crippen LogP contribution >= 0.6 is 0 Å². The predicted octanol–water partition coefficient (Wildman–Crippen LogP) is 3.90. The van der Waals surface area contributed by atoms with E-state index in [9.17, 15) is 4.79 Å². The molecule has 1 amide bonds. The molecule has 4 heteroatoms. The van der Waals surface area contributed by atoms with Crippen molar-refractivity contribution in [1.29, 1.82) is 0 Å². The zero-order valence-corrected chi connectivity index (χ0v) is 14.2. The van der Waals surface area contributed by atoms with E-state index in [2.05, 4.69) is 16.4 Å². The van der Waals surface area contributed by atoms with Crippen molar-refractivity contribution in [3.8, 4) is 5.75 Å². The van der Waals surface area contributed by atoms with Crippen LogP contribution in [0.5, 0.6) is 5.75 Å². The van der Waals surface area contributed by atoms with Gasteiger partial charge in [-0.25, -0.2) is 0 Å². The number of aryl methyl sites for hydroxylation is 1. The minimum Gasteiger partial charge on any atom is -0.496 e. The Morgan fingerprint density at radius 3 is 2.83 bits per heavy atom. The Hall–Kier alpha value is -2.75. The molecule has 0 unspecified atom stereocenters. The minimum atomic E-state index is -0.113. The van der Waals surface area contributed by atoms with E-state index < -0.39 is 0 Å². The first-order chi connectivity index (χ1) is 11.6. The van der Waals surface area contributed by atoms with Crippen LogP contribution in [0, 0.1) is 6.92 Å². The Morgan fingerprint density at radius 2 is 2.04 bits per heavy atom. The molecule has 0 saturated carbocycles. The first-order valence-corrected chi connectivity index (χ1v) is 8.07. The summed E-state index contributed by atoms with van der Waals surface area (Å²) in [7, 11) is 1.65. The number of methoxy groups -OCH3 is 1. The molecular weight excluding hydrogens is 300 g/mol. The Morgan fingerprint density at radius 1 is 1.25 bits per heavy atom. The number of aromatic nitrogens is 1. The summed E-state index contributed by atoms with van der Waals surface area (Å²) in [6.45, 7) is 4.01. The van der Waals surface area contributed by atoms with Gasteiger partial charge in [-0.05, 0) is 31.5 Å². The molecule has 4 nitrogen and oxygen atoms in total. The lowest BCUT2D eigenvalue weighted by atomic mass is 10.0. The summed E-state index contributed by atoms with van der Waals surface area (Å²) >= 11 is 0. The molecule has 3 rings (SSSR count). The molecule has 2 aromatic carbocycles. The van der Waals surface area contributed by atoms with Gasteiger partial charge in [-0.1, -0.05) is 35.9 Å². The normalized spacial score (nSPS) is 12.1. The van der Waals surface area contributed by atoms with Crippen molar-refractivity contribution in [1.82, 2.24) is 10.3 Å².